The minimum Gasteiger partial charge on any atom is -0.469 e. The highest BCUT2D eigenvalue weighted by atomic mass is 32.2. The lowest BCUT2D eigenvalue weighted by Crippen LogP contribution is -2.55. The van der Waals surface area contributed by atoms with E-state index in [1.165, 1.54) is 5.75 Å². The van der Waals surface area contributed by atoms with Gasteiger partial charge in [0.2, 0.25) is 0 Å². The van der Waals surface area contributed by atoms with E-state index in [2.05, 4.69) is 17.4 Å². The second-order valence-corrected chi connectivity index (χ2v) is 5.33. The number of thioether (sulfide) groups is 1. The van der Waals surface area contributed by atoms with Crippen LogP contribution in [0.15, 0.2) is 22.8 Å². The van der Waals surface area contributed by atoms with Gasteiger partial charge in [-0.3, -0.25) is 11.3 Å². The molecule has 1 saturated heterocycles. The Bertz CT molecular complexity index is 304. The largest absolute Gasteiger partial charge is 0.469 e. The Morgan fingerprint density at radius 2 is 2.62 bits per heavy atom. The van der Waals surface area contributed by atoms with Crippen LogP contribution in [-0.2, 0) is 6.42 Å². The van der Waals surface area contributed by atoms with Gasteiger partial charge in [-0.1, -0.05) is 0 Å². The number of nitrogens with one attached hydrogen (secondary N) is 1. The lowest BCUT2D eigenvalue weighted by molar-refractivity contribution is 0.209. The fourth-order valence-electron chi connectivity index (χ4n) is 2.08. The van der Waals surface area contributed by atoms with Gasteiger partial charge in [0.05, 0.1) is 6.26 Å². The summed E-state index contributed by atoms with van der Waals surface area (Å²) in [6.07, 6.45) is 2.56. The summed E-state index contributed by atoms with van der Waals surface area (Å²) >= 11 is 2.00. The van der Waals surface area contributed by atoms with Crippen LogP contribution in [-0.4, -0.2) is 42.1 Å². The predicted octanol–water partition coefficient (Wildman–Crippen LogP) is 0.701. The minimum absolute atomic E-state index is 0.254. The second kappa shape index (κ2) is 5.72. The van der Waals surface area contributed by atoms with Crippen molar-refractivity contribution in [3.63, 3.8) is 0 Å². The first-order valence-electron chi connectivity index (χ1n) is 5.57. The Kier molecular flexibility index (Phi) is 4.29. The number of furan rings is 1. The Morgan fingerprint density at radius 3 is 3.25 bits per heavy atom. The van der Waals surface area contributed by atoms with E-state index in [-0.39, 0.29) is 6.04 Å². The van der Waals surface area contributed by atoms with Gasteiger partial charge in [-0.25, -0.2) is 0 Å². The molecule has 0 saturated carbocycles. The number of rotatable bonds is 4. The number of hydrazine groups is 1. The van der Waals surface area contributed by atoms with Gasteiger partial charge in [0.1, 0.15) is 5.76 Å². The third-order valence-corrected chi connectivity index (χ3v) is 4.17. The van der Waals surface area contributed by atoms with Gasteiger partial charge < -0.3 is 9.32 Å². The summed E-state index contributed by atoms with van der Waals surface area (Å²) in [5, 5.41) is 0. The smallest absolute Gasteiger partial charge is 0.105 e. The standard InChI is InChI=1S/C11H19N3OS/c1-14-4-6-16-8-11(14)10(13-12)7-9-3-2-5-15-9/h2-3,5,10-11,13H,4,6-8,12H2,1H3. The maximum atomic E-state index is 5.65. The fraction of sp³-hybridized carbons (Fsp3) is 0.636. The summed E-state index contributed by atoms with van der Waals surface area (Å²) in [6.45, 7) is 1.13. The zero-order valence-corrected chi connectivity index (χ0v) is 10.4. The average Bonchev–Trinajstić information content (AvgIpc) is 2.80. The lowest BCUT2D eigenvalue weighted by atomic mass is 10.0. The van der Waals surface area contributed by atoms with Crippen molar-refractivity contribution < 1.29 is 4.42 Å². The van der Waals surface area contributed by atoms with Gasteiger partial charge in [-0.15, -0.1) is 0 Å². The maximum absolute atomic E-state index is 5.65. The normalized spacial score (nSPS) is 24.5. The maximum Gasteiger partial charge on any atom is 0.105 e. The molecule has 1 fully saturated rings. The zero-order chi connectivity index (χ0) is 11.4. The summed E-state index contributed by atoms with van der Waals surface area (Å²) in [7, 11) is 2.16. The van der Waals surface area contributed by atoms with Gasteiger partial charge >= 0.3 is 0 Å². The molecular weight excluding hydrogens is 222 g/mol. The molecule has 2 rings (SSSR count). The van der Waals surface area contributed by atoms with Crippen molar-refractivity contribution in [1.29, 1.82) is 0 Å². The van der Waals surface area contributed by atoms with E-state index in [0.29, 0.717) is 6.04 Å². The first-order chi connectivity index (χ1) is 7.81. The summed E-state index contributed by atoms with van der Waals surface area (Å²) in [4.78, 5) is 2.38. The summed E-state index contributed by atoms with van der Waals surface area (Å²) < 4.78 is 5.37. The second-order valence-electron chi connectivity index (χ2n) is 4.18. The van der Waals surface area contributed by atoms with Crippen LogP contribution in [0.25, 0.3) is 0 Å². The Balaban J connectivity index is 1.98. The molecule has 0 amide bonds. The lowest BCUT2D eigenvalue weighted by Gasteiger charge is -2.37. The van der Waals surface area contributed by atoms with Crippen molar-refractivity contribution in [2.45, 2.75) is 18.5 Å². The summed E-state index contributed by atoms with van der Waals surface area (Å²) in [6, 6.07) is 4.65. The van der Waals surface area contributed by atoms with E-state index in [1.54, 1.807) is 6.26 Å². The molecule has 1 aromatic rings. The van der Waals surface area contributed by atoms with Crippen LogP contribution < -0.4 is 11.3 Å². The van der Waals surface area contributed by atoms with Gasteiger partial charge in [0.25, 0.3) is 0 Å². The number of hydrogen-bond acceptors (Lipinski definition) is 5. The van der Waals surface area contributed by atoms with Gasteiger partial charge in [0, 0.05) is 36.6 Å². The highest BCUT2D eigenvalue weighted by molar-refractivity contribution is 7.99. The highest BCUT2D eigenvalue weighted by Crippen LogP contribution is 2.19. The van der Waals surface area contributed by atoms with E-state index in [0.717, 1.165) is 24.5 Å². The molecule has 0 radical (unpaired) electrons. The van der Waals surface area contributed by atoms with Crippen molar-refractivity contribution in [2.24, 2.45) is 5.84 Å². The van der Waals surface area contributed by atoms with Crippen LogP contribution in [0.4, 0.5) is 0 Å². The Morgan fingerprint density at radius 1 is 1.75 bits per heavy atom. The zero-order valence-electron chi connectivity index (χ0n) is 9.56. The van der Waals surface area contributed by atoms with Crippen LogP contribution in [0.3, 0.4) is 0 Å². The minimum atomic E-state index is 0.254. The molecule has 0 spiro atoms. The fourth-order valence-corrected chi connectivity index (χ4v) is 3.39. The third kappa shape index (κ3) is 2.79. The SMILES string of the molecule is CN1CCSCC1C(Cc1ccco1)NN. The molecule has 0 aromatic carbocycles. The molecule has 5 heteroatoms. The van der Waals surface area contributed by atoms with Crippen molar-refractivity contribution in [3.8, 4) is 0 Å². The molecule has 16 heavy (non-hydrogen) atoms. The Hall–Kier alpha value is -0.490. The van der Waals surface area contributed by atoms with Crippen LogP contribution in [0.1, 0.15) is 5.76 Å². The van der Waals surface area contributed by atoms with E-state index in [9.17, 15) is 0 Å². The third-order valence-electron chi connectivity index (χ3n) is 3.12. The van der Waals surface area contributed by atoms with Crippen LogP contribution in [0, 0.1) is 0 Å². The summed E-state index contributed by atoms with van der Waals surface area (Å²) in [5.74, 6) is 8.99. The molecular formula is C11H19N3OS. The number of nitrogens with two attached hydrogens (primary N) is 1. The molecule has 0 aliphatic carbocycles. The molecule has 2 atom stereocenters. The number of likely N-dealkylation sites (N-methyl/N-ethyl adjacent to an activating group) is 1. The average molecular weight is 241 g/mol. The molecule has 2 heterocycles. The van der Waals surface area contributed by atoms with Crippen molar-refractivity contribution in [3.05, 3.63) is 24.2 Å². The molecule has 1 aliphatic rings. The quantitative estimate of drug-likeness (QED) is 0.600. The predicted molar refractivity (Wildman–Crippen MR) is 67.3 cm³/mol. The number of hydrogen-bond donors (Lipinski definition) is 2. The Labute approximate surface area is 101 Å². The van der Waals surface area contributed by atoms with Gasteiger partial charge in [0.15, 0.2) is 0 Å². The van der Waals surface area contributed by atoms with Crippen LogP contribution >= 0.6 is 11.8 Å². The molecule has 1 aromatic heterocycles. The molecule has 4 nitrogen and oxygen atoms in total. The van der Waals surface area contributed by atoms with Crippen molar-refractivity contribution in [2.75, 3.05) is 25.1 Å². The van der Waals surface area contributed by atoms with Gasteiger partial charge in [-0.2, -0.15) is 11.8 Å². The first-order valence-corrected chi connectivity index (χ1v) is 6.73. The van der Waals surface area contributed by atoms with Crippen LogP contribution in [0.5, 0.6) is 0 Å². The summed E-state index contributed by atoms with van der Waals surface area (Å²) in [5.41, 5.74) is 2.93. The molecule has 90 valence electrons. The monoisotopic (exact) mass is 241 g/mol. The van der Waals surface area contributed by atoms with Crippen molar-refractivity contribution >= 4 is 11.8 Å². The molecule has 1 aliphatic heterocycles. The number of nitrogens with zero attached hydrogens (tertiary/aromatic N) is 1. The topological polar surface area (TPSA) is 54.4 Å². The molecule has 3 N–H and O–H groups in total. The van der Waals surface area contributed by atoms with Crippen molar-refractivity contribution in [1.82, 2.24) is 10.3 Å². The first kappa shape index (κ1) is 12.0. The molecule has 2 unspecified atom stereocenters. The van der Waals surface area contributed by atoms with E-state index >= 15 is 0 Å². The van der Waals surface area contributed by atoms with E-state index in [4.69, 9.17) is 10.3 Å². The van der Waals surface area contributed by atoms with E-state index in [1.807, 2.05) is 23.9 Å². The van der Waals surface area contributed by atoms with E-state index < -0.39 is 0 Å². The van der Waals surface area contributed by atoms with Crippen LogP contribution in [0.2, 0.25) is 0 Å². The highest BCUT2D eigenvalue weighted by Gasteiger charge is 2.27. The molecule has 0 bridgehead atoms. The van der Waals surface area contributed by atoms with Gasteiger partial charge in [-0.05, 0) is 19.2 Å².